The topological polar surface area (TPSA) is 59.8 Å². The highest BCUT2D eigenvalue weighted by molar-refractivity contribution is 5.94. The number of aryl methyl sites for hydroxylation is 2. The summed E-state index contributed by atoms with van der Waals surface area (Å²) in [7, 11) is 0. The Kier molecular flexibility index (Phi) is 3.73. The molecule has 1 N–H and O–H groups in total. The normalized spacial score (nSPS) is 17.4. The Morgan fingerprint density at radius 2 is 2.33 bits per heavy atom. The molecule has 0 saturated heterocycles. The van der Waals surface area contributed by atoms with Gasteiger partial charge in [-0.15, -0.1) is 0 Å². The minimum atomic E-state index is 0.0500. The predicted octanol–water partition coefficient (Wildman–Crippen LogP) is 2.86. The molecule has 0 saturated carbocycles. The van der Waals surface area contributed by atoms with Crippen LogP contribution in [0.5, 0.6) is 0 Å². The zero-order valence-electron chi connectivity index (χ0n) is 12.5. The fourth-order valence-corrected chi connectivity index (χ4v) is 2.95. The quantitative estimate of drug-likeness (QED) is 0.939. The lowest BCUT2D eigenvalue weighted by Gasteiger charge is -2.24. The van der Waals surface area contributed by atoms with Crippen LogP contribution in [0.1, 0.15) is 48.9 Å². The third kappa shape index (κ3) is 2.55. The van der Waals surface area contributed by atoms with E-state index in [1.807, 2.05) is 29.9 Å². The molecule has 0 radical (unpaired) electrons. The van der Waals surface area contributed by atoms with Gasteiger partial charge in [0.15, 0.2) is 0 Å². The summed E-state index contributed by atoms with van der Waals surface area (Å²) in [5, 5.41) is 7.62. The van der Waals surface area contributed by atoms with Gasteiger partial charge in [0.25, 0.3) is 0 Å². The van der Waals surface area contributed by atoms with Crippen LogP contribution in [-0.4, -0.2) is 20.7 Å². The summed E-state index contributed by atoms with van der Waals surface area (Å²) < 4.78 is 1.94. The Morgan fingerprint density at radius 3 is 3.05 bits per heavy atom. The van der Waals surface area contributed by atoms with E-state index in [2.05, 4.69) is 22.3 Å². The average Bonchev–Trinajstić information content (AvgIpc) is 2.81. The van der Waals surface area contributed by atoms with Crippen molar-refractivity contribution in [2.75, 3.05) is 5.32 Å². The number of nitrogens with zero attached hydrogens (tertiary/aromatic N) is 3. The second-order valence-corrected chi connectivity index (χ2v) is 5.52. The number of amides is 1. The molecular formula is C16H20N4O. The van der Waals surface area contributed by atoms with E-state index < -0.39 is 0 Å². The fraction of sp³-hybridized carbons (Fsp3) is 0.438. The summed E-state index contributed by atoms with van der Waals surface area (Å²) in [6.07, 6.45) is 6.22. The molecule has 1 amide bonds. The van der Waals surface area contributed by atoms with Gasteiger partial charge in [-0.25, -0.2) is 4.68 Å². The van der Waals surface area contributed by atoms with Gasteiger partial charge >= 0.3 is 0 Å². The Labute approximate surface area is 124 Å². The number of carbonyl (C=O) groups is 1. The van der Waals surface area contributed by atoms with Crippen molar-refractivity contribution >= 4 is 11.7 Å². The molecule has 0 aromatic carbocycles. The van der Waals surface area contributed by atoms with Crippen LogP contribution in [0.4, 0.5) is 5.82 Å². The van der Waals surface area contributed by atoms with E-state index in [0.717, 1.165) is 42.0 Å². The van der Waals surface area contributed by atoms with Crippen LogP contribution in [0, 0.1) is 6.92 Å². The number of hydrogen-bond acceptors (Lipinski definition) is 3. The first-order valence-electron chi connectivity index (χ1n) is 7.47. The maximum atomic E-state index is 12.1. The van der Waals surface area contributed by atoms with E-state index >= 15 is 0 Å². The van der Waals surface area contributed by atoms with E-state index in [0.29, 0.717) is 6.42 Å². The summed E-state index contributed by atoms with van der Waals surface area (Å²) in [4.78, 5) is 16.3. The van der Waals surface area contributed by atoms with Gasteiger partial charge in [-0.1, -0.05) is 19.4 Å². The van der Waals surface area contributed by atoms with Crippen molar-refractivity contribution in [3.63, 3.8) is 0 Å². The third-order valence-electron chi connectivity index (χ3n) is 3.98. The van der Waals surface area contributed by atoms with Gasteiger partial charge in [-0.05, 0) is 25.0 Å². The zero-order chi connectivity index (χ0) is 14.8. The molecule has 0 aliphatic carbocycles. The first-order chi connectivity index (χ1) is 10.2. The van der Waals surface area contributed by atoms with Crippen molar-refractivity contribution in [1.82, 2.24) is 14.8 Å². The van der Waals surface area contributed by atoms with E-state index in [9.17, 15) is 4.79 Å². The number of aromatic nitrogens is 3. The number of anilines is 1. The monoisotopic (exact) mass is 284 g/mol. The molecule has 1 unspecified atom stereocenters. The summed E-state index contributed by atoms with van der Waals surface area (Å²) in [6.45, 7) is 5.01. The van der Waals surface area contributed by atoms with Crippen LogP contribution in [0.3, 0.4) is 0 Å². The molecule has 21 heavy (non-hydrogen) atoms. The first kappa shape index (κ1) is 13.8. The van der Waals surface area contributed by atoms with Gasteiger partial charge in [0.1, 0.15) is 5.82 Å². The lowest BCUT2D eigenvalue weighted by atomic mass is 9.87. The third-order valence-corrected chi connectivity index (χ3v) is 3.98. The summed E-state index contributed by atoms with van der Waals surface area (Å²) in [5.74, 6) is 0.970. The number of carbonyl (C=O) groups excluding carboxylic acids is 1. The first-order valence-corrected chi connectivity index (χ1v) is 7.47. The van der Waals surface area contributed by atoms with Gasteiger partial charge in [-0.3, -0.25) is 9.78 Å². The highest BCUT2D eigenvalue weighted by Crippen LogP contribution is 2.38. The van der Waals surface area contributed by atoms with E-state index in [4.69, 9.17) is 0 Å². The van der Waals surface area contributed by atoms with Crippen LogP contribution >= 0.6 is 0 Å². The minimum Gasteiger partial charge on any atom is -0.311 e. The van der Waals surface area contributed by atoms with Crippen LogP contribution in [0.15, 0.2) is 24.5 Å². The molecule has 3 heterocycles. The smallest absolute Gasteiger partial charge is 0.226 e. The Morgan fingerprint density at radius 1 is 1.48 bits per heavy atom. The van der Waals surface area contributed by atoms with Crippen LogP contribution < -0.4 is 5.32 Å². The van der Waals surface area contributed by atoms with Crippen molar-refractivity contribution in [1.29, 1.82) is 0 Å². The van der Waals surface area contributed by atoms with E-state index in [1.54, 1.807) is 6.20 Å². The molecule has 2 aromatic rings. The maximum Gasteiger partial charge on any atom is 0.226 e. The fourth-order valence-electron chi connectivity index (χ4n) is 2.95. The molecule has 0 fully saturated rings. The molecule has 3 rings (SSSR count). The van der Waals surface area contributed by atoms with Crippen molar-refractivity contribution < 1.29 is 4.79 Å². The van der Waals surface area contributed by atoms with Crippen molar-refractivity contribution in [3.05, 3.63) is 41.3 Å². The lowest BCUT2D eigenvalue weighted by molar-refractivity contribution is -0.116. The molecular weight excluding hydrogens is 264 g/mol. The van der Waals surface area contributed by atoms with Gasteiger partial charge in [0.05, 0.1) is 5.69 Å². The Bertz CT molecular complexity index is 648. The molecule has 2 aromatic heterocycles. The number of unbranched alkanes of at least 4 members (excludes halogenated alkanes) is 1. The average molecular weight is 284 g/mol. The second-order valence-electron chi connectivity index (χ2n) is 5.52. The highest BCUT2D eigenvalue weighted by atomic mass is 16.1. The van der Waals surface area contributed by atoms with Crippen LogP contribution in [-0.2, 0) is 11.3 Å². The molecule has 1 atom stereocenters. The molecule has 5 heteroatoms. The maximum absolute atomic E-state index is 12.1. The molecule has 0 bridgehead atoms. The zero-order valence-corrected chi connectivity index (χ0v) is 12.5. The van der Waals surface area contributed by atoms with Crippen molar-refractivity contribution in [3.8, 4) is 0 Å². The highest BCUT2D eigenvalue weighted by Gasteiger charge is 2.32. The SMILES string of the molecule is CCCCn1nc(C)c2c1NC(=O)CC2c1cccnc1. The van der Waals surface area contributed by atoms with Gasteiger partial charge < -0.3 is 5.32 Å². The molecule has 1 aliphatic rings. The minimum absolute atomic E-state index is 0.0500. The summed E-state index contributed by atoms with van der Waals surface area (Å²) in [6, 6.07) is 3.95. The van der Waals surface area contributed by atoms with Crippen LogP contribution in [0.2, 0.25) is 0 Å². The lowest BCUT2D eigenvalue weighted by Crippen LogP contribution is -2.25. The van der Waals surface area contributed by atoms with Gasteiger partial charge in [-0.2, -0.15) is 5.10 Å². The van der Waals surface area contributed by atoms with Gasteiger partial charge in [0.2, 0.25) is 5.91 Å². The molecule has 5 nitrogen and oxygen atoms in total. The van der Waals surface area contributed by atoms with Crippen LogP contribution in [0.25, 0.3) is 0 Å². The molecule has 0 spiro atoms. The number of hydrogen-bond donors (Lipinski definition) is 1. The second kappa shape index (κ2) is 5.68. The predicted molar refractivity (Wildman–Crippen MR) is 81.2 cm³/mol. The summed E-state index contributed by atoms with van der Waals surface area (Å²) >= 11 is 0. The standard InChI is InChI=1S/C16H20N4O/c1-3-4-8-20-16-15(11(2)19-20)13(9-14(21)18-16)12-6-5-7-17-10-12/h5-7,10,13H,3-4,8-9H2,1-2H3,(H,18,21). The Balaban J connectivity index is 2.04. The number of nitrogens with one attached hydrogen (secondary N) is 1. The van der Waals surface area contributed by atoms with E-state index in [1.165, 1.54) is 0 Å². The molecule has 1 aliphatic heterocycles. The number of rotatable bonds is 4. The molecule has 110 valence electrons. The summed E-state index contributed by atoms with van der Waals surface area (Å²) in [5.41, 5.74) is 3.21. The number of pyridine rings is 1. The number of fused-ring (bicyclic) bond motifs is 1. The van der Waals surface area contributed by atoms with Crippen molar-refractivity contribution in [2.45, 2.75) is 45.6 Å². The largest absolute Gasteiger partial charge is 0.311 e. The van der Waals surface area contributed by atoms with E-state index in [-0.39, 0.29) is 11.8 Å². The van der Waals surface area contributed by atoms with Gasteiger partial charge in [0, 0.05) is 36.8 Å². The Hall–Kier alpha value is -2.17. The van der Waals surface area contributed by atoms with Crippen molar-refractivity contribution in [2.24, 2.45) is 0 Å².